The second-order valence-corrected chi connectivity index (χ2v) is 4.75. The van der Waals surface area contributed by atoms with Crippen LogP contribution in [0.3, 0.4) is 0 Å². The standard InChI is InChI=1S/C13H15ClN2O2/c1-7(2)8-5-12(17-3)10(14)4-9(8)11-6-13(15)18-16-11/h4-7H,15H2,1-3H3. The van der Waals surface area contributed by atoms with Crippen LogP contribution in [0.5, 0.6) is 5.75 Å². The molecule has 0 saturated carbocycles. The minimum atomic E-state index is 0.284. The van der Waals surface area contributed by atoms with Crippen LogP contribution in [0.25, 0.3) is 11.3 Å². The number of halogens is 1. The summed E-state index contributed by atoms with van der Waals surface area (Å²) in [5.41, 5.74) is 8.23. The summed E-state index contributed by atoms with van der Waals surface area (Å²) in [5.74, 6) is 1.25. The average molecular weight is 267 g/mol. The third-order valence-electron chi connectivity index (χ3n) is 2.75. The van der Waals surface area contributed by atoms with Gasteiger partial charge in [-0.3, -0.25) is 0 Å². The molecule has 5 heteroatoms. The van der Waals surface area contributed by atoms with E-state index < -0.39 is 0 Å². The highest BCUT2D eigenvalue weighted by atomic mass is 35.5. The number of nitrogens with zero attached hydrogens (tertiary/aromatic N) is 1. The van der Waals surface area contributed by atoms with E-state index in [0.29, 0.717) is 22.4 Å². The van der Waals surface area contributed by atoms with Crippen molar-refractivity contribution in [3.63, 3.8) is 0 Å². The van der Waals surface area contributed by atoms with Gasteiger partial charge in [0.1, 0.15) is 11.4 Å². The zero-order chi connectivity index (χ0) is 13.3. The summed E-state index contributed by atoms with van der Waals surface area (Å²) in [7, 11) is 1.60. The second kappa shape index (κ2) is 4.90. The monoisotopic (exact) mass is 266 g/mol. The van der Waals surface area contributed by atoms with Gasteiger partial charge in [-0.05, 0) is 23.6 Å². The van der Waals surface area contributed by atoms with E-state index in [0.717, 1.165) is 11.1 Å². The van der Waals surface area contributed by atoms with E-state index in [1.165, 1.54) is 0 Å². The molecule has 0 saturated heterocycles. The van der Waals surface area contributed by atoms with Gasteiger partial charge >= 0.3 is 0 Å². The van der Waals surface area contributed by atoms with Crippen molar-refractivity contribution in [1.82, 2.24) is 5.16 Å². The SMILES string of the molecule is COc1cc(C(C)C)c(-c2cc(N)on2)cc1Cl. The molecular weight excluding hydrogens is 252 g/mol. The Hall–Kier alpha value is -1.68. The Morgan fingerprint density at radius 3 is 2.56 bits per heavy atom. The smallest absolute Gasteiger partial charge is 0.222 e. The number of nitrogen functional groups attached to an aromatic ring is 1. The third-order valence-corrected chi connectivity index (χ3v) is 3.05. The molecule has 0 atom stereocenters. The van der Waals surface area contributed by atoms with Crippen LogP contribution >= 0.6 is 11.6 Å². The van der Waals surface area contributed by atoms with E-state index in [1.54, 1.807) is 13.2 Å². The highest BCUT2D eigenvalue weighted by Gasteiger charge is 2.16. The van der Waals surface area contributed by atoms with Crippen LogP contribution in [0, 0.1) is 0 Å². The summed E-state index contributed by atoms with van der Waals surface area (Å²) in [5, 5.41) is 4.47. The molecule has 0 unspecified atom stereocenters. The van der Waals surface area contributed by atoms with Crippen molar-refractivity contribution in [2.75, 3.05) is 12.8 Å². The summed E-state index contributed by atoms with van der Waals surface area (Å²) < 4.78 is 10.1. The van der Waals surface area contributed by atoms with E-state index in [9.17, 15) is 0 Å². The Morgan fingerprint density at radius 2 is 2.06 bits per heavy atom. The van der Waals surface area contributed by atoms with Gasteiger partial charge in [-0.1, -0.05) is 30.6 Å². The van der Waals surface area contributed by atoms with Gasteiger partial charge in [0.2, 0.25) is 5.88 Å². The van der Waals surface area contributed by atoms with Crippen LogP contribution in [0.1, 0.15) is 25.3 Å². The highest BCUT2D eigenvalue weighted by Crippen LogP contribution is 2.37. The first kappa shape index (κ1) is 12.8. The maximum absolute atomic E-state index is 6.15. The average Bonchev–Trinajstić information content (AvgIpc) is 2.75. The number of hydrogen-bond donors (Lipinski definition) is 1. The minimum absolute atomic E-state index is 0.284. The molecular formula is C13H15ClN2O2. The van der Waals surface area contributed by atoms with E-state index in [4.69, 9.17) is 26.6 Å². The third kappa shape index (κ3) is 2.29. The van der Waals surface area contributed by atoms with Gasteiger partial charge < -0.3 is 15.0 Å². The van der Waals surface area contributed by atoms with Gasteiger partial charge in [0.05, 0.1) is 12.1 Å². The quantitative estimate of drug-likeness (QED) is 0.920. The van der Waals surface area contributed by atoms with Gasteiger partial charge in [-0.25, -0.2) is 0 Å². The first-order chi connectivity index (χ1) is 8.52. The van der Waals surface area contributed by atoms with E-state index in [2.05, 4.69) is 19.0 Å². The molecule has 1 heterocycles. The van der Waals surface area contributed by atoms with E-state index in [1.807, 2.05) is 12.1 Å². The maximum atomic E-state index is 6.15. The van der Waals surface area contributed by atoms with Gasteiger partial charge in [0.25, 0.3) is 0 Å². The maximum Gasteiger partial charge on any atom is 0.222 e. The van der Waals surface area contributed by atoms with Gasteiger partial charge in [-0.2, -0.15) is 0 Å². The summed E-state index contributed by atoms with van der Waals surface area (Å²) in [6, 6.07) is 5.43. The number of benzene rings is 1. The van der Waals surface area contributed by atoms with Gasteiger partial charge in [-0.15, -0.1) is 0 Å². The predicted octanol–water partition coefficient (Wildman–Crippen LogP) is 3.71. The van der Waals surface area contributed by atoms with Crippen molar-refractivity contribution in [2.24, 2.45) is 0 Å². The first-order valence-corrected chi connectivity index (χ1v) is 6.00. The summed E-state index contributed by atoms with van der Waals surface area (Å²) in [6.45, 7) is 4.19. The Bertz CT molecular complexity index is 564. The van der Waals surface area contributed by atoms with Crippen LogP contribution in [0.15, 0.2) is 22.7 Å². The van der Waals surface area contributed by atoms with Gasteiger partial charge in [0.15, 0.2) is 0 Å². The Kier molecular flexibility index (Phi) is 3.48. The van der Waals surface area contributed by atoms with Crippen molar-refractivity contribution < 1.29 is 9.26 Å². The number of hydrogen-bond acceptors (Lipinski definition) is 4. The molecule has 0 bridgehead atoms. The van der Waals surface area contributed by atoms with Crippen molar-refractivity contribution in [3.05, 3.63) is 28.8 Å². The molecule has 0 spiro atoms. The van der Waals surface area contributed by atoms with Crippen LogP contribution in [-0.2, 0) is 0 Å². The number of ether oxygens (including phenoxy) is 1. The lowest BCUT2D eigenvalue weighted by molar-refractivity contribution is 0.414. The van der Waals surface area contributed by atoms with Crippen LogP contribution in [-0.4, -0.2) is 12.3 Å². The normalized spacial score (nSPS) is 10.9. The summed E-state index contributed by atoms with van der Waals surface area (Å²) in [4.78, 5) is 0. The molecule has 0 amide bonds. The number of aromatic nitrogens is 1. The lowest BCUT2D eigenvalue weighted by Crippen LogP contribution is -1.95. The fourth-order valence-corrected chi connectivity index (χ4v) is 2.08. The zero-order valence-electron chi connectivity index (χ0n) is 10.5. The zero-order valence-corrected chi connectivity index (χ0v) is 11.3. The Balaban J connectivity index is 2.61. The number of methoxy groups -OCH3 is 1. The summed E-state index contributed by atoms with van der Waals surface area (Å²) >= 11 is 6.15. The van der Waals surface area contributed by atoms with Crippen molar-refractivity contribution in [3.8, 4) is 17.0 Å². The molecule has 0 aliphatic rings. The lowest BCUT2D eigenvalue weighted by Gasteiger charge is -2.14. The molecule has 0 aliphatic carbocycles. The lowest BCUT2D eigenvalue weighted by atomic mass is 9.95. The molecule has 96 valence electrons. The number of nitrogens with two attached hydrogens (primary N) is 1. The molecule has 2 N–H and O–H groups in total. The Labute approximate surface area is 111 Å². The highest BCUT2D eigenvalue weighted by molar-refractivity contribution is 6.32. The van der Waals surface area contributed by atoms with Crippen molar-refractivity contribution in [2.45, 2.75) is 19.8 Å². The number of rotatable bonds is 3. The molecule has 0 aliphatic heterocycles. The molecule has 1 aromatic carbocycles. The van der Waals surface area contributed by atoms with Crippen LogP contribution in [0.2, 0.25) is 5.02 Å². The fraction of sp³-hybridized carbons (Fsp3) is 0.308. The predicted molar refractivity (Wildman–Crippen MR) is 72.0 cm³/mol. The fourth-order valence-electron chi connectivity index (χ4n) is 1.84. The minimum Gasteiger partial charge on any atom is -0.495 e. The van der Waals surface area contributed by atoms with E-state index in [-0.39, 0.29) is 5.88 Å². The molecule has 2 aromatic rings. The molecule has 0 radical (unpaired) electrons. The molecule has 1 aromatic heterocycles. The van der Waals surface area contributed by atoms with Crippen LogP contribution in [0.4, 0.5) is 5.88 Å². The van der Waals surface area contributed by atoms with Crippen molar-refractivity contribution >= 4 is 17.5 Å². The van der Waals surface area contributed by atoms with Gasteiger partial charge in [0, 0.05) is 11.6 Å². The first-order valence-electron chi connectivity index (χ1n) is 5.63. The number of anilines is 1. The van der Waals surface area contributed by atoms with Crippen molar-refractivity contribution in [1.29, 1.82) is 0 Å². The Morgan fingerprint density at radius 1 is 1.33 bits per heavy atom. The molecule has 18 heavy (non-hydrogen) atoms. The molecule has 0 fully saturated rings. The van der Waals surface area contributed by atoms with E-state index >= 15 is 0 Å². The largest absolute Gasteiger partial charge is 0.495 e. The molecule has 4 nitrogen and oxygen atoms in total. The topological polar surface area (TPSA) is 61.3 Å². The summed E-state index contributed by atoms with van der Waals surface area (Å²) in [6.07, 6.45) is 0. The van der Waals surface area contributed by atoms with Crippen LogP contribution < -0.4 is 10.5 Å². The second-order valence-electron chi connectivity index (χ2n) is 4.34. The molecule has 2 rings (SSSR count).